The summed E-state index contributed by atoms with van der Waals surface area (Å²) in [5, 5.41) is 12.0. The lowest BCUT2D eigenvalue weighted by atomic mass is 9.82. The Balaban J connectivity index is 1.47. The minimum absolute atomic E-state index is 0.666. The second-order valence-electron chi connectivity index (χ2n) is 6.28. The van der Waals surface area contributed by atoms with Gasteiger partial charge in [0.25, 0.3) is 0 Å². The van der Waals surface area contributed by atoms with Crippen molar-refractivity contribution in [1.29, 1.82) is 0 Å². The van der Waals surface area contributed by atoms with Gasteiger partial charge in [0.2, 0.25) is 0 Å². The first kappa shape index (κ1) is 11.3. The second-order valence-corrected chi connectivity index (χ2v) is 6.28. The Morgan fingerprint density at radius 2 is 2.05 bits per heavy atom. The van der Waals surface area contributed by atoms with Gasteiger partial charge >= 0.3 is 0 Å². The molecule has 2 aliphatic carbocycles. The molecule has 2 fully saturated rings. The lowest BCUT2D eigenvalue weighted by Gasteiger charge is -2.30. The maximum absolute atomic E-state index is 4.08. The zero-order valence-corrected chi connectivity index (χ0v) is 11.2. The summed E-state index contributed by atoms with van der Waals surface area (Å²) in [6, 6.07) is 7.17. The van der Waals surface area contributed by atoms with Crippen molar-refractivity contribution < 1.29 is 0 Å². The summed E-state index contributed by atoms with van der Waals surface area (Å²) in [5.41, 5.74) is 2.36. The maximum atomic E-state index is 4.08. The third-order valence-corrected chi connectivity index (χ3v) is 4.82. The van der Waals surface area contributed by atoms with Crippen LogP contribution in [0.3, 0.4) is 0 Å². The molecule has 0 spiro atoms. The number of nitrogens with one attached hydrogen (secondary N) is 2. The van der Waals surface area contributed by atoms with Gasteiger partial charge in [-0.25, -0.2) is 0 Å². The Labute approximate surface area is 113 Å². The molecule has 1 aromatic carbocycles. The molecule has 2 unspecified atom stereocenters. The quantitative estimate of drug-likeness (QED) is 0.872. The predicted octanol–water partition coefficient (Wildman–Crippen LogP) is 3.94. The number of fused-ring (bicyclic) bond motifs is 1. The van der Waals surface area contributed by atoms with Crippen molar-refractivity contribution in [1.82, 2.24) is 10.2 Å². The number of hydrogen-bond donors (Lipinski definition) is 2. The summed E-state index contributed by atoms with van der Waals surface area (Å²) >= 11 is 0. The lowest BCUT2D eigenvalue weighted by Crippen LogP contribution is -2.28. The van der Waals surface area contributed by atoms with Crippen molar-refractivity contribution >= 4 is 16.6 Å². The number of rotatable bonds is 3. The lowest BCUT2D eigenvalue weighted by molar-refractivity contribution is 0.303. The van der Waals surface area contributed by atoms with E-state index in [9.17, 15) is 0 Å². The zero-order valence-electron chi connectivity index (χ0n) is 11.2. The van der Waals surface area contributed by atoms with Crippen molar-refractivity contribution in [2.75, 3.05) is 5.32 Å². The fourth-order valence-corrected chi connectivity index (χ4v) is 3.62. The van der Waals surface area contributed by atoms with Gasteiger partial charge in [0.05, 0.1) is 11.7 Å². The Morgan fingerprint density at radius 1 is 1.11 bits per heavy atom. The number of aromatic nitrogens is 2. The van der Waals surface area contributed by atoms with Gasteiger partial charge in [0.1, 0.15) is 0 Å². The monoisotopic (exact) mass is 255 g/mol. The van der Waals surface area contributed by atoms with Crippen molar-refractivity contribution in [2.24, 2.45) is 11.8 Å². The topological polar surface area (TPSA) is 40.7 Å². The number of benzene rings is 1. The molecular formula is C16H21N3. The van der Waals surface area contributed by atoms with E-state index in [1.54, 1.807) is 0 Å². The van der Waals surface area contributed by atoms with Crippen LogP contribution in [0, 0.1) is 11.8 Å². The van der Waals surface area contributed by atoms with Crippen LogP contribution in [0.5, 0.6) is 0 Å². The van der Waals surface area contributed by atoms with Gasteiger partial charge in [0, 0.05) is 17.1 Å². The minimum Gasteiger partial charge on any atom is -0.382 e. The highest BCUT2D eigenvalue weighted by Gasteiger charge is 2.34. The fourth-order valence-electron chi connectivity index (χ4n) is 3.62. The van der Waals surface area contributed by atoms with Crippen LogP contribution >= 0.6 is 0 Å². The summed E-state index contributed by atoms with van der Waals surface area (Å²) in [6.45, 7) is 0. The molecule has 0 radical (unpaired) electrons. The second kappa shape index (κ2) is 4.55. The molecule has 2 N–H and O–H groups in total. The van der Waals surface area contributed by atoms with Crippen LogP contribution in [0.1, 0.15) is 38.5 Å². The molecule has 0 aliphatic heterocycles. The first-order valence-electron chi connectivity index (χ1n) is 7.58. The molecule has 1 heterocycles. The highest BCUT2D eigenvalue weighted by atomic mass is 15.1. The van der Waals surface area contributed by atoms with Crippen LogP contribution in [0.4, 0.5) is 5.69 Å². The Bertz CT molecular complexity index is 570. The van der Waals surface area contributed by atoms with E-state index < -0.39 is 0 Å². The normalized spacial score (nSPS) is 27.6. The highest BCUT2D eigenvalue weighted by molar-refractivity contribution is 5.81. The van der Waals surface area contributed by atoms with Crippen LogP contribution in [0.15, 0.2) is 24.4 Å². The van der Waals surface area contributed by atoms with E-state index in [1.807, 2.05) is 6.20 Å². The van der Waals surface area contributed by atoms with E-state index in [2.05, 4.69) is 33.7 Å². The molecule has 3 heteroatoms. The molecule has 1 aromatic heterocycles. The molecular weight excluding hydrogens is 234 g/mol. The number of anilines is 1. The van der Waals surface area contributed by atoms with Gasteiger partial charge in [-0.1, -0.05) is 12.8 Å². The largest absolute Gasteiger partial charge is 0.382 e. The highest BCUT2D eigenvalue weighted by Crippen LogP contribution is 2.44. The molecule has 4 rings (SSSR count). The van der Waals surface area contributed by atoms with E-state index in [4.69, 9.17) is 0 Å². The van der Waals surface area contributed by atoms with E-state index in [1.165, 1.54) is 49.6 Å². The Kier molecular flexibility index (Phi) is 2.71. The van der Waals surface area contributed by atoms with Crippen molar-refractivity contribution in [3.63, 3.8) is 0 Å². The summed E-state index contributed by atoms with van der Waals surface area (Å²) < 4.78 is 0. The molecule has 0 bridgehead atoms. The fraction of sp³-hybridized carbons (Fsp3) is 0.562. The average molecular weight is 255 g/mol. The smallest absolute Gasteiger partial charge is 0.0670 e. The molecule has 2 atom stereocenters. The van der Waals surface area contributed by atoms with Gasteiger partial charge in [-0.3, -0.25) is 5.10 Å². The number of H-pyrrole nitrogens is 1. The van der Waals surface area contributed by atoms with E-state index >= 15 is 0 Å². The molecule has 19 heavy (non-hydrogen) atoms. The first-order valence-corrected chi connectivity index (χ1v) is 7.58. The molecule has 3 nitrogen and oxygen atoms in total. The maximum Gasteiger partial charge on any atom is 0.0670 e. The standard InChI is InChI=1S/C16H21N3/c1-2-12(11-4-5-11)8-14(3-1)18-15-7-6-13-10-17-19-16(13)9-15/h6-7,9-12,14,18H,1-5,8H2,(H,17,19). The van der Waals surface area contributed by atoms with E-state index in [-0.39, 0.29) is 0 Å². The number of hydrogen-bond acceptors (Lipinski definition) is 2. The van der Waals surface area contributed by atoms with Gasteiger partial charge in [-0.15, -0.1) is 0 Å². The summed E-state index contributed by atoms with van der Waals surface area (Å²) in [6.07, 6.45) is 10.4. The molecule has 100 valence electrons. The molecule has 2 aliphatic rings. The van der Waals surface area contributed by atoms with Crippen molar-refractivity contribution in [2.45, 2.75) is 44.6 Å². The van der Waals surface area contributed by atoms with E-state index in [0.29, 0.717) is 6.04 Å². The van der Waals surface area contributed by atoms with Crippen molar-refractivity contribution in [3.8, 4) is 0 Å². The zero-order chi connectivity index (χ0) is 12.7. The van der Waals surface area contributed by atoms with Crippen LogP contribution in [-0.2, 0) is 0 Å². The SMILES string of the molecule is c1cc2cn[nH]c2cc1NC1CCCC(C2CC2)C1. The van der Waals surface area contributed by atoms with Crippen LogP contribution in [0.2, 0.25) is 0 Å². The molecule has 2 aromatic rings. The number of nitrogens with zero attached hydrogens (tertiary/aromatic N) is 1. The number of aromatic amines is 1. The average Bonchev–Trinajstić information content (AvgIpc) is 3.18. The van der Waals surface area contributed by atoms with Gasteiger partial charge in [-0.2, -0.15) is 5.10 Å². The van der Waals surface area contributed by atoms with E-state index in [0.717, 1.165) is 17.4 Å². The van der Waals surface area contributed by atoms with Gasteiger partial charge < -0.3 is 5.32 Å². The molecule has 0 saturated heterocycles. The first-order chi connectivity index (χ1) is 9.38. The summed E-state index contributed by atoms with van der Waals surface area (Å²) in [4.78, 5) is 0. The Morgan fingerprint density at radius 3 is 2.95 bits per heavy atom. The van der Waals surface area contributed by atoms with Crippen LogP contribution in [-0.4, -0.2) is 16.2 Å². The Hall–Kier alpha value is -1.51. The third-order valence-electron chi connectivity index (χ3n) is 4.82. The van der Waals surface area contributed by atoms with Gasteiger partial charge in [-0.05, 0) is 55.7 Å². The predicted molar refractivity (Wildman–Crippen MR) is 78.2 cm³/mol. The van der Waals surface area contributed by atoms with Crippen LogP contribution in [0.25, 0.3) is 10.9 Å². The van der Waals surface area contributed by atoms with Gasteiger partial charge in [0.15, 0.2) is 0 Å². The summed E-state index contributed by atoms with van der Waals surface area (Å²) in [5.74, 6) is 2.04. The minimum atomic E-state index is 0.666. The third kappa shape index (κ3) is 2.34. The molecule has 0 amide bonds. The molecule has 2 saturated carbocycles. The summed E-state index contributed by atoms with van der Waals surface area (Å²) in [7, 11) is 0. The van der Waals surface area contributed by atoms with Crippen LogP contribution < -0.4 is 5.32 Å². The van der Waals surface area contributed by atoms with Crippen molar-refractivity contribution in [3.05, 3.63) is 24.4 Å².